The molecule has 2 saturated heterocycles. The first-order valence-corrected chi connectivity index (χ1v) is 9.67. The van der Waals surface area contributed by atoms with Crippen LogP contribution >= 0.6 is 0 Å². The van der Waals surface area contributed by atoms with Crippen molar-refractivity contribution in [3.63, 3.8) is 0 Å². The van der Waals surface area contributed by atoms with Gasteiger partial charge in [-0.1, -0.05) is 0 Å². The Morgan fingerprint density at radius 2 is 2.00 bits per heavy atom. The molecule has 8 nitrogen and oxygen atoms in total. The average molecular weight is 377 g/mol. The molecule has 144 valence electrons. The van der Waals surface area contributed by atoms with Crippen LogP contribution in [-0.4, -0.2) is 48.8 Å². The Balaban J connectivity index is 1.39. The minimum absolute atomic E-state index is 0.0883. The molecule has 3 aromatic rings. The third-order valence-electron chi connectivity index (χ3n) is 5.81. The Morgan fingerprint density at radius 1 is 1.21 bits per heavy atom. The van der Waals surface area contributed by atoms with Crippen molar-refractivity contribution in [1.82, 2.24) is 24.6 Å². The molecule has 3 atom stereocenters. The molecule has 0 aliphatic carbocycles. The van der Waals surface area contributed by atoms with Crippen LogP contribution in [0.1, 0.15) is 25.7 Å². The van der Waals surface area contributed by atoms with Crippen molar-refractivity contribution in [1.29, 1.82) is 0 Å². The number of amides is 2. The molecule has 2 amide bonds. The van der Waals surface area contributed by atoms with E-state index >= 15 is 0 Å². The minimum Gasteiger partial charge on any atom is -0.328 e. The smallest absolute Gasteiger partial charge is 0.323 e. The van der Waals surface area contributed by atoms with Gasteiger partial charge in [0.15, 0.2) is 0 Å². The van der Waals surface area contributed by atoms with Gasteiger partial charge < -0.3 is 10.6 Å². The van der Waals surface area contributed by atoms with E-state index in [0.29, 0.717) is 5.82 Å². The lowest BCUT2D eigenvalue weighted by Gasteiger charge is -2.37. The van der Waals surface area contributed by atoms with E-state index in [-0.39, 0.29) is 24.2 Å². The Hall–Kier alpha value is -3.00. The summed E-state index contributed by atoms with van der Waals surface area (Å²) in [7, 11) is 1.88. The van der Waals surface area contributed by atoms with Crippen LogP contribution in [0.3, 0.4) is 0 Å². The maximum Gasteiger partial charge on any atom is 0.323 e. The second kappa shape index (κ2) is 6.56. The van der Waals surface area contributed by atoms with Crippen molar-refractivity contribution in [3.05, 3.63) is 36.8 Å². The quantitative estimate of drug-likeness (QED) is 0.714. The van der Waals surface area contributed by atoms with Crippen LogP contribution in [-0.2, 0) is 7.05 Å². The van der Waals surface area contributed by atoms with Gasteiger partial charge in [-0.3, -0.25) is 10.00 Å². The van der Waals surface area contributed by atoms with Gasteiger partial charge in [-0.25, -0.2) is 14.8 Å². The number of aryl methyl sites for hydroxylation is 1. The highest BCUT2D eigenvalue weighted by Crippen LogP contribution is 2.35. The largest absolute Gasteiger partial charge is 0.328 e. The predicted molar refractivity (Wildman–Crippen MR) is 107 cm³/mol. The van der Waals surface area contributed by atoms with Gasteiger partial charge in [-0.15, -0.1) is 0 Å². The molecule has 0 spiro atoms. The molecule has 0 unspecified atom stereocenters. The zero-order valence-electron chi connectivity index (χ0n) is 15.7. The molecule has 8 heteroatoms. The van der Waals surface area contributed by atoms with Crippen molar-refractivity contribution in [3.8, 4) is 11.3 Å². The van der Waals surface area contributed by atoms with Crippen LogP contribution in [0.2, 0.25) is 0 Å². The summed E-state index contributed by atoms with van der Waals surface area (Å²) in [5.41, 5.74) is 8.69. The van der Waals surface area contributed by atoms with Gasteiger partial charge in [-0.05, 0) is 37.8 Å². The number of nitrogens with zero attached hydrogens (tertiary/aromatic N) is 5. The summed E-state index contributed by atoms with van der Waals surface area (Å²) in [5.74, 6) is 0.516. The SMILES string of the molecule is Cn1cc(-c2ccc3cnc(NC(=O)N4[C@@H]5CC[C@H]4C[C@@H](N)C5)cc3n2)cn1. The molecule has 0 saturated carbocycles. The number of carbonyl (C=O) groups excluding carboxylic acids is 1. The highest BCUT2D eigenvalue weighted by Gasteiger charge is 2.42. The highest BCUT2D eigenvalue weighted by molar-refractivity contribution is 5.91. The van der Waals surface area contributed by atoms with Crippen LogP contribution in [0.25, 0.3) is 22.2 Å². The lowest BCUT2D eigenvalue weighted by molar-refractivity contribution is 0.150. The first-order valence-electron chi connectivity index (χ1n) is 9.67. The number of rotatable bonds is 2. The third kappa shape index (κ3) is 2.99. The average Bonchev–Trinajstić information content (AvgIpc) is 3.22. The van der Waals surface area contributed by atoms with Crippen LogP contribution < -0.4 is 11.1 Å². The number of urea groups is 1. The zero-order chi connectivity index (χ0) is 19.3. The van der Waals surface area contributed by atoms with E-state index in [2.05, 4.69) is 15.4 Å². The maximum absolute atomic E-state index is 12.9. The molecule has 2 bridgehead atoms. The molecule has 2 aliphatic rings. The first kappa shape index (κ1) is 17.1. The van der Waals surface area contributed by atoms with E-state index in [9.17, 15) is 4.79 Å². The summed E-state index contributed by atoms with van der Waals surface area (Å²) in [6.07, 6.45) is 9.28. The summed E-state index contributed by atoms with van der Waals surface area (Å²) in [6.45, 7) is 0. The number of hydrogen-bond acceptors (Lipinski definition) is 5. The molecule has 5 rings (SSSR count). The maximum atomic E-state index is 12.9. The standard InChI is InChI=1S/C20H23N7O/c1-26-11-13(10-23-26)17-5-2-12-9-22-19(8-18(12)24-17)25-20(28)27-15-3-4-16(27)7-14(21)6-15/h2,5,8-11,14-16H,3-4,6-7,21H2,1H3,(H,22,25,28)/t14-,15+,16-. The highest BCUT2D eigenvalue weighted by atomic mass is 16.2. The number of aromatic nitrogens is 4. The predicted octanol–water partition coefficient (Wildman–Crippen LogP) is 2.52. The van der Waals surface area contributed by atoms with Crippen molar-refractivity contribution in [2.75, 3.05) is 5.32 Å². The number of pyridine rings is 2. The topological polar surface area (TPSA) is 102 Å². The van der Waals surface area contributed by atoms with Gasteiger partial charge in [0.05, 0.1) is 17.4 Å². The number of fused-ring (bicyclic) bond motifs is 3. The Bertz CT molecular complexity index is 1030. The molecular weight excluding hydrogens is 354 g/mol. The number of nitrogens with one attached hydrogen (secondary N) is 1. The number of anilines is 1. The molecular formula is C20H23N7O. The van der Waals surface area contributed by atoms with Gasteiger partial charge in [0.1, 0.15) is 5.82 Å². The summed E-state index contributed by atoms with van der Waals surface area (Å²) in [5, 5.41) is 8.09. The van der Waals surface area contributed by atoms with Gasteiger partial charge in [0.25, 0.3) is 0 Å². The Morgan fingerprint density at radius 3 is 2.71 bits per heavy atom. The number of carbonyl (C=O) groups is 1. The number of nitrogens with two attached hydrogens (primary N) is 1. The van der Waals surface area contributed by atoms with Crippen LogP contribution in [0.15, 0.2) is 36.8 Å². The van der Waals surface area contributed by atoms with Crippen LogP contribution in [0.4, 0.5) is 10.6 Å². The summed E-state index contributed by atoms with van der Waals surface area (Å²) < 4.78 is 1.75. The monoisotopic (exact) mass is 377 g/mol. The van der Waals surface area contributed by atoms with E-state index in [0.717, 1.165) is 47.8 Å². The van der Waals surface area contributed by atoms with Crippen molar-refractivity contribution < 1.29 is 4.79 Å². The van der Waals surface area contributed by atoms with E-state index in [1.54, 1.807) is 17.1 Å². The lowest BCUT2D eigenvalue weighted by Crippen LogP contribution is -2.51. The summed E-state index contributed by atoms with van der Waals surface area (Å²) in [4.78, 5) is 23.9. The minimum atomic E-state index is -0.0883. The number of hydrogen-bond donors (Lipinski definition) is 2. The second-order valence-corrected chi connectivity index (χ2v) is 7.82. The van der Waals surface area contributed by atoms with Crippen molar-refractivity contribution >= 4 is 22.8 Å². The summed E-state index contributed by atoms with van der Waals surface area (Å²) >= 11 is 0. The van der Waals surface area contributed by atoms with E-state index in [1.807, 2.05) is 36.3 Å². The Labute approximate surface area is 162 Å². The molecule has 3 N–H and O–H groups in total. The van der Waals surface area contributed by atoms with E-state index < -0.39 is 0 Å². The molecule has 3 aromatic heterocycles. The third-order valence-corrected chi connectivity index (χ3v) is 5.81. The van der Waals surface area contributed by atoms with Gasteiger partial charge in [-0.2, -0.15) is 5.10 Å². The molecule has 5 heterocycles. The lowest BCUT2D eigenvalue weighted by atomic mass is 9.99. The second-order valence-electron chi connectivity index (χ2n) is 7.82. The van der Waals surface area contributed by atoms with Crippen molar-refractivity contribution in [2.24, 2.45) is 12.8 Å². The molecule has 0 aromatic carbocycles. The fourth-order valence-corrected chi connectivity index (χ4v) is 4.52. The fraction of sp³-hybridized carbons (Fsp3) is 0.400. The van der Waals surface area contributed by atoms with Crippen LogP contribution in [0.5, 0.6) is 0 Å². The molecule has 28 heavy (non-hydrogen) atoms. The zero-order valence-corrected chi connectivity index (χ0v) is 15.7. The van der Waals surface area contributed by atoms with E-state index in [4.69, 9.17) is 10.7 Å². The number of piperidine rings is 1. The van der Waals surface area contributed by atoms with E-state index in [1.165, 1.54) is 0 Å². The summed E-state index contributed by atoms with van der Waals surface area (Å²) in [6, 6.07) is 6.35. The van der Waals surface area contributed by atoms with Gasteiger partial charge >= 0.3 is 6.03 Å². The first-order chi connectivity index (χ1) is 13.6. The molecule has 0 radical (unpaired) electrons. The molecule has 2 fully saturated rings. The Kier molecular flexibility index (Phi) is 4.01. The van der Waals surface area contributed by atoms with Crippen molar-refractivity contribution in [2.45, 2.75) is 43.8 Å². The van der Waals surface area contributed by atoms with Gasteiger partial charge in [0.2, 0.25) is 0 Å². The van der Waals surface area contributed by atoms with Gasteiger partial charge in [0, 0.05) is 54.6 Å². The molecule has 2 aliphatic heterocycles. The van der Waals surface area contributed by atoms with Crippen LogP contribution in [0, 0.1) is 0 Å². The fourth-order valence-electron chi connectivity index (χ4n) is 4.52. The normalized spacial score (nSPS) is 23.9.